The molecular weight excluding hydrogens is 264 g/mol. The second-order valence-electron chi connectivity index (χ2n) is 5.14. The van der Waals surface area contributed by atoms with Crippen molar-refractivity contribution in [1.29, 1.82) is 0 Å². The monoisotopic (exact) mass is 282 g/mol. The van der Waals surface area contributed by atoms with Gasteiger partial charge in [-0.15, -0.1) is 0 Å². The molecule has 0 bridgehead atoms. The Hall–Kier alpha value is -2.33. The summed E-state index contributed by atoms with van der Waals surface area (Å²) >= 11 is 0. The van der Waals surface area contributed by atoms with Gasteiger partial charge in [0.05, 0.1) is 5.92 Å². The van der Waals surface area contributed by atoms with Crippen molar-refractivity contribution < 1.29 is 9.53 Å². The van der Waals surface area contributed by atoms with Crippen LogP contribution in [0, 0.1) is 5.92 Å². The van der Waals surface area contributed by atoms with Crippen LogP contribution in [-0.2, 0) is 11.4 Å². The molecule has 1 fully saturated rings. The van der Waals surface area contributed by atoms with Crippen LogP contribution in [0.5, 0.6) is 5.75 Å². The Morgan fingerprint density at radius 3 is 2.43 bits per heavy atom. The summed E-state index contributed by atoms with van der Waals surface area (Å²) < 4.78 is 5.71. The lowest BCUT2D eigenvalue weighted by atomic mass is 10.0. The van der Waals surface area contributed by atoms with Crippen molar-refractivity contribution in [3.8, 4) is 5.75 Å². The van der Waals surface area contributed by atoms with Gasteiger partial charge in [-0.25, -0.2) is 0 Å². The van der Waals surface area contributed by atoms with E-state index in [2.05, 4.69) is 10.6 Å². The molecule has 0 radical (unpaired) electrons. The normalized spacial score (nSPS) is 14.3. The number of hydrogen-bond acceptors (Lipinski definition) is 3. The van der Waals surface area contributed by atoms with Crippen LogP contribution in [0.4, 0.5) is 5.69 Å². The number of carbonyl (C=O) groups is 1. The molecule has 1 saturated heterocycles. The zero-order valence-electron chi connectivity index (χ0n) is 11.7. The fraction of sp³-hybridized carbons (Fsp3) is 0.235. The van der Waals surface area contributed by atoms with Crippen LogP contribution < -0.4 is 15.4 Å². The van der Waals surface area contributed by atoms with Gasteiger partial charge in [0.15, 0.2) is 0 Å². The summed E-state index contributed by atoms with van der Waals surface area (Å²) in [6.45, 7) is 2.08. The molecule has 4 nitrogen and oxygen atoms in total. The van der Waals surface area contributed by atoms with Crippen molar-refractivity contribution >= 4 is 11.6 Å². The van der Waals surface area contributed by atoms with Crippen molar-refractivity contribution in [2.24, 2.45) is 5.92 Å². The van der Waals surface area contributed by atoms with E-state index >= 15 is 0 Å². The Morgan fingerprint density at radius 2 is 1.81 bits per heavy atom. The van der Waals surface area contributed by atoms with E-state index in [-0.39, 0.29) is 11.8 Å². The maximum absolute atomic E-state index is 11.8. The molecule has 2 aromatic carbocycles. The third-order valence-electron chi connectivity index (χ3n) is 3.52. The van der Waals surface area contributed by atoms with Crippen molar-refractivity contribution in [3.05, 3.63) is 60.2 Å². The Balaban J connectivity index is 1.52. The Morgan fingerprint density at radius 1 is 1.10 bits per heavy atom. The van der Waals surface area contributed by atoms with Gasteiger partial charge in [-0.2, -0.15) is 0 Å². The van der Waals surface area contributed by atoms with Crippen LogP contribution >= 0.6 is 0 Å². The van der Waals surface area contributed by atoms with E-state index in [9.17, 15) is 4.79 Å². The third kappa shape index (κ3) is 3.61. The van der Waals surface area contributed by atoms with E-state index < -0.39 is 0 Å². The average molecular weight is 282 g/mol. The first-order valence-electron chi connectivity index (χ1n) is 7.09. The molecule has 0 aromatic heterocycles. The number of benzene rings is 2. The molecule has 2 N–H and O–H groups in total. The second-order valence-corrected chi connectivity index (χ2v) is 5.14. The Labute approximate surface area is 124 Å². The summed E-state index contributed by atoms with van der Waals surface area (Å²) in [5.41, 5.74) is 1.94. The zero-order valence-corrected chi connectivity index (χ0v) is 11.7. The predicted octanol–water partition coefficient (Wildman–Crippen LogP) is 2.42. The smallest absolute Gasteiger partial charge is 0.230 e. The molecule has 4 heteroatoms. The van der Waals surface area contributed by atoms with Crippen LogP contribution in [0.15, 0.2) is 54.6 Å². The summed E-state index contributed by atoms with van der Waals surface area (Å²) in [6, 6.07) is 17.5. The first-order chi connectivity index (χ1) is 10.3. The average Bonchev–Trinajstić information content (AvgIpc) is 2.46. The van der Waals surface area contributed by atoms with Gasteiger partial charge >= 0.3 is 0 Å². The van der Waals surface area contributed by atoms with E-state index in [1.165, 1.54) is 0 Å². The zero-order chi connectivity index (χ0) is 14.5. The minimum absolute atomic E-state index is 0.0757. The SMILES string of the molecule is O=C(Nc1ccc(OCc2ccccc2)cc1)C1CNC1. The highest BCUT2D eigenvalue weighted by molar-refractivity contribution is 5.93. The molecule has 0 atom stereocenters. The maximum atomic E-state index is 11.8. The van der Waals surface area contributed by atoms with Gasteiger partial charge in [-0.1, -0.05) is 30.3 Å². The van der Waals surface area contributed by atoms with E-state index in [1.807, 2.05) is 54.6 Å². The maximum Gasteiger partial charge on any atom is 0.230 e. The summed E-state index contributed by atoms with van der Waals surface area (Å²) in [6.07, 6.45) is 0. The quantitative estimate of drug-likeness (QED) is 0.885. The van der Waals surface area contributed by atoms with Crippen molar-refractivity contribution in [2.45, 2.75) is 6.61 Å². The first-order valence-corrected chi connectivity index (χ1v) is 7.09. The van der Waals surface area contributed by atoms with Gasteiger partial charge in [-0.05, 0) is 29.8 Å². The Bertz CT molecular complexity index is 592. The van der Waals surface area contributed by atoms with E-state index in [1.54, 1.807) is 0 Å². The number of nitrogens with one attached hydrogen (secondary N) is 2. The van der Waals surface area contributed by atoms with Crippen LogP contribution in [0.3, 0.4) is 0 Å². The summed E-state index contributed by atoms with van der Waals surface area (Å²) in [5.74, 6) is 0.966. The van der Waals surface area contributed by atoms with Gasteiger partial charge in [0.2, 0.25) is 5.91 Å². The molecule has 108 valence electrons. The summed E-state index contributed by atoms with van der Waals surface area (Å²) in [4.78, 5) is 11.8. The standard InChI is InChI=1S/C17H18N2O2/c20-17(14-10-18-11-14)19-15-6-8-16(9-7-15)21-12-13-4-2-1-3-5-13/h1-9,14,18H,10-12H2,(H,19,20). The molecule has 0 saturated carbocycles. The largest absolute Gasteiger partial charge is 0.489 e. The van der Waals surface area contributed by atoms with Crippen LogP contribution in [0.2, 0.25) is 0 Å². The fourth-order valence-corrected chi connectivity index (χ4v) is 2.09. The molecule has 3 rings (SSSR count). The van der Waals surface area contributed by atoms with Crippen LogP contribution in [0.1, 0.15) is 5.56 Å². The van der Waals surface area contributed by atoms with Gasteiger partial charge in [0, 0.05) is 18.8 Å². The topological polar surface area (TPSA) is 50.4 Å². The minimum atomic E-state index is 0.0757. The lowest BCUT2D eigenvalue weighted by Crippen LogP contribution is -2.48. The number of ether oxygens (including phenoxy) is 1. The van der Waals surface area contributed by atoms with Gasteiger partial charge in [0.25, 0.3) is 0 Å². The second kappa shape index (κ2) is 6.41. The highest BCUT2D eigenvalue weighted by Gasteiger charge is 2.24. The number of hydrogen-bond donors (Lipinski definition) is 2. The number of carbonyl (C=O) groups excluding carboxylic acids is 1. The Kier molecular flexibility index (Phi) is 4.17. The van der Waals surface area contributed by atoms with Crippen molar-refractivity contribution in [1.82, 2.24) is 5.32 Å². The van der Waals surface area contributed by atoms with Crippen LogP contribution in [-0.4, -0.2) is 19.0 Å². The molecule has 1 heterocycles. The van der Waals surface area contributed by atoms with Gasteiger partial charge < -0.3 is 15.4 Å². The highest BCUT2D eigenvalue weighted by atomic mass is 16.5. The molecule has 0 aliphatic carbocycles. The van der Waals surface area contributed by atoms with Crippen LogP contribution in [0.25, 0.3) is 0 Å². The molecule has 1 aliphatic rings. The van der Waals surface area contributed by atoms with Crippen molar-refractivity contribution in [2.75, 3.05) is 18.4 Å². The molecule has 0 spiro atoms. The van der Waals surface area contributed by atoms with Gasteiger partial charge in [-0.3, -0.25) is 4.79 Å². The highest BCUT2D eigenvalue weighted by Crippen LogP contribution is 2.18. The summed E-state index contributed by atoms with van der Waals surface area (Å²) in [7, 11) is 0. The van der Waals surface area contributed by atoms with Crippen molar-refractivity contribution in [3.63, 3.8) is 0 Å². The third-order valence-corrected chi connectivity index (χ3v) is 3.52. The van der Waals surface area contributed by atoms with Gasteiger partial charge in [0.1, 0.15) is 12.4 Å². The van der Waals surface area contributed by atoms with E-state index in [0.717, 1.165) is 30.1 Å². The number of amides is 1. The molecule has 1 amide bonds. The fourth-order valence-electron chi connectivity index (χ4n) is 2.09. The molecule has 2 aromatic rings. The molecule has 1 aliphatic heterocycles. The summed E-state index contributed by atoms with van der Waals surface area (Å²) in [5, 5.41) is 6.00. The molecule has 0 unspecified atom stereocenters. The molecular formula is C17H18N2O2. The minimum Gasteiger partial charge on any atom is -0.489 e. The van der Waals surface area contributed by atoms with E-state index in [4.69, 9.17) is 4.74 Å². The number of rotatable bonds is 5. The lowest BCUT2D eigenvalue weighted by Gasteiger charge is -2.25. The lowest BCUT2D eigenvalue weighted by molar-refractivity contribution is -0.121. The number of anilines is 1. The van der Waals surface area contributed by atoms with E-state index in [0.29, 0.717) is 6.61 Å². The molecule has 21 heavy (non-hydrogen) atoms. The predicted molar refractivity (Wildman–Crippen MR) is 82.2 cm³/mol. The first kappa shape index (κ1) is 13.6.